The molecule has 0 aliphatic carbocycles. The summed E-state index contributed by atoms with van der Waals surface area (Å²) in [4.78, 5) is 15.0. The monoisotopic (exact) mass is 378 g/mol. The number of benzene rings is 2. The number of hydrogen-bond acceptors (Lipinski definition) is 3. The van der Waals surface area contributed by atoms with Crippen LogP contribution in [0, 0.1) is 0 Å². The standard InChI is InChI=1S/C16H9Cl3N4O/c17-6-3-8-12(13(20)16(24)22-14(8)11(19)4-6)7-1-2-10(18)15-9(7)5-21-23-15/h1-5H,20H2,(H,21,23)(H,22,24). The Morgan fingerprint density at radius 2 is 1.79 bits per heavy atom. The van der Waals surface area contributed by atoms with Crippen LogP contribution in [0.25, 0.3) is 32.9 Å². The number of fused-ring (bicyclic) bond motifs is 2. The van der Waals surface area contributed by atoms with Gasteiger partial charge in [0.05, 0.1) is 27.3 Å². The van der Waals surface area contributed by atoms with E-state index in [4.69, 9.17) is 40.5 Å². The Morgan fingerprint density at radius 1 is 1.00 bits per heavy atom. The summed E-state index contributed by atoms with van der Waals surface area (Å²) in [7, 11) is 0. The van der Waals surface area contributed by atoms with Crippen molar-refractivity contribution in [3.05, 3.63) is 55.9 Å². The second-order valence-electron chi connectivity index (χ2n) is 5.31. The minimum Gasteiger partial charge on any atom is -0.394 e. The molecule has 0 atom stereocenters. The first-order valence-electron chi connectivity index (χ1n) is 6.90. The Hall–Kier alpha value is -2.21. The quantitative estimate of drug-likeness (QED) is 0.451. The first kappa shape index (κ1) is 15.3. The molecule has 0 aliphatic heterocycles. The number of pyridine rings is 1. The van der Waals surface area contributed by atoms with Crippen LogP contribution < -0.4 is 11.3 Å². The number of aromatic amines is 2. The molecule has 2 aromatic carbocycles. The molecule has 4 rings (SSSR count). The fourth-order valence-electron chi connectivity index (χ4n) is 2.85. The van der Waals surface area contributed by atoms with Gasteiger partial charge in [-0.1, -0.05) is 40.9 Å². The summed E-state index contributed by atoms with van der Waals surface area (Å²) >= 11 is 18.6. The van der Waals surface area contributed by atoms with Gasteiger partial charge in [0.25, 0.3) is 5.56 Å². The highest BCUT2D eigenvalue weighted by Gasteiger charge is 2.18. The van der Waals surface area contributed by atoms with Crippen LogP contribution in [0.3, 0.4) is 0 Å². The lowest BCUT2D eigenvalue weighted by molar-refractivity contribution is 1.12. The fourth-order valence-corrected chi connectivity index (χ4v) is 3.60. The van der Waals surface area contributed by atoms with Crippen LogP contribution in [0.2, 0.25) is 15.1 Å². The molecule has 4 aromatic rings. The molecule has 0 unspecified atom stereocenters. The molecule has 2 aromatic heterocycles. The van der Waals surface area contributed by atoms with E-state index in [0.717, 1.165) is 10.9 Å². The number of nitrogens with two attached hydrogens (primary N) is 1. The highest BCUT2D eigenvalue weighted by Crippen LogP contribution is 2.39. The summed E-state index contributed by atoms with van der Waals surface area (Å²) in [6.45, 7) is 0. The number of halogens is 3. The number of anilines is 1. The molecule has 0 bridgehead atoms. The molecular formula is C16H9Cl3N4O. The minimum atomic E-state index is -0.423. The SMILES string of the molecule is Nc1c(-c2ccc(Cl)c3[nH]ncc23)c2cc(Cl)cc(Cl)c2[nH]c1=O. The zero-order chi connectivity index (χ0) is 17.0. The van der Waals surface area contributed by atoms with Gasteiger partial charge in [0, 0.05) is 21.4 Å². The van der Waals surface area contributed by atoms with Crippen molar-refractivity contribution >= 4 is 62.3 Å². The van der Waals surface area contributed by atoms with E-state index in [9.17, 15) is 4.79 Å². The maximum Gasteiger partial charge on any atom is 0.272 e. The van der Waals surface area contributed by atoms with Crippen molar-refractivity contribution < 1.29 is 0 Å². The van der Waals surface area contributed by atoms with Crippen molar-refractivity contribution in [2.45, 2.75) is 0 Å². The van der Waals surface area contributed by atoms with Gasteiger partial charge in [-0.05, 0) is 23.8 Å². The van der Waals surface area contributed by atoms with Crippen LogP contribution in [0.15, 0.2) is 35.3 Å². The second kappa shape index (κ2) is 5.41. The molecule has 0 fully saturated rings. The van der Waals surface area contributed by atoms with Crippen LogP contribution in [-0.2, 0) is 0 Å². The topological polar surface area (TPSA) is 87.6 Å². The number of nitrogen functional groups attached to an aromatic ring is 1. The van der Waals surface area contributed by atoms with E-state index in [-0.39, 0.29) is 5.69 Å². The third-order valence-electron chi connectivity index (χ3n) is 3.91. The van der Waals surface area contributed by atoms with Crippen LogP contribution in [0.1, 0.15) is 0 Å². The summed E-state index contributed by atoms with van der Waals surface area (Å²) in [6, 6.07) is 6.79. The van der Waals surface area contributed by atoms with Gasteiger partial charge in [0.2, 0.25) is 0 Å². The third-order valence-corrected chi connectivity index (χ3v) is 4.74. The lowest BCUT2D eigenvalue weighted by Crippen LogP contribution is -2.13. The van der Waals surface area contributed by atoms with Gasteiger partial charge in [-0.3, -0.25) is 9.89 Å². The molecular weight excluding hydrogens is 371 g/mol. The maximum atomic E-state index is 12.3. The minimum absolute atomic E-state index is 0.0747. The molecule has 0 saturated carbocycles. The highest BCUT2D eigenvalue weighted by molar-refractivity contribution is 6.39. The van der Waals surface area contributed by atoms with E-state index in [1.165, 1.54) is 0 Å². The fraction of sp³-hybridized carbons (Fsp3) is 0. The lowest BCUT2D eigenvalue weighted by Gasteiger charge is -2.12. The Bertz CT molecular complexity index is 1180. The smallest absolute Gasteiger partial charge is 0.272 e. The van der Waals surface area contributed by atoms with Crippen molar-refractivity contribution in [3.8, 4) is 11.1 Å². The molecule has 120 valence electrons. The Morgan fingerprint density at radius 3 is 2.58 bits per heavy atom. The zero-order valence-electron chi connectivity index (χ0n) is 12.0. The van der Waals surface area contributed by atoms with E-state index in [1.54, 1.807) is 30.5 Å². The summed E-state index contributed by atoms with van der Waals surface area (Å²) in [6.07, 6.45) is 1.63. The van der Waals surface area contributed by atoms with Crippen LogP contribution >= 0.6 is 34.8 Å². The zero-order valence-corrected chi connectivity index (χ0v) is 14.2. The van der Waals surface area contributed by atoms with E-state index >= 15 is 0 Å². The van der Waals surface area contributed by atoms with E-state index in [0.29, 0.717) is 37.1 Å². The summed E-state index contributed by atoms with van der Waals surface area (Å²) in [5, 5.41) is 9.57. The molecule has 5 nitrogen and oxygen atoms in total. The number of nitrogens with one attached hydrogen (secondary N) is 2. The number of aromatic nitrogens is 3. The molecule has 4 N–H and O–H groups in total. The molecule has 0 radical (unpaired) electrons. The van der Waals surface area contributed by atoms with Crippen molar-refractivity contribution in [2.24, 2.45) is 0 Å². The maximum absolute atomic E-state index is 12.3. The summed E-state index contributed by atoms with van der Waals surface area (Å²) in [5.74, 6) is 0. The predicted octanol–water partition coefficient (Wildman–Crippen LogP) is 4.61. The van der Waals surface area contributed by atoms with Crippen molar-refractivity contribution in [1.29, 1.82) is 0 Å². The van der Waals surface area contributed by atoms with Gasteiger partial charge in [0.15, 0.2) is 0 Å². The largest absolute Gasteiger partial charge is 0.394 e. The van der Waals surface area contributed by atoms with Gasteiger partial charge < -0.3 is 10.7 Å². The Kier molecular flexibility index (Phi) is 3.46. The second-order valence-corrected chi connectivity index (χ2v) is 6.56. The molecule has 2 heterocycles. The normalized spacial score (nSPS) is 11.5. The predicted molar refractivity (Wildman–Crippen MR) is 99.1 cm³/mol. The molecule has 0 amide bonds. The molecule has 24 heavy (non-hydrogen) atoms. The van der Waals surface area contributed by atoms with Crippen molar-refractivity contribution in [2.75, 3.05) is 5.73 Å². The van der Waals surface area contributed by atoms with Gasteiger partial charge in [-0.25, -0.2) is 0 Å². The van der Waals surface area contributed by atoms with Gasteiger partial charge in [-0.2, -0.15) is 5.10 Å². The molecule has 0 spiro atoms. The lowest BCUT2D eigenvalue weighted by atomic mass is 9.97. The van der Waals surface area contributed by atoms with E-state index in [2.05, 4.69) is 15.2 Å². The highest BCUT2D eigenvalue weighted by atomic mass is 35.5. The van der Waals surface area contributed by atoms with E-state index < -0.39 is 5.56 Å². The molecule has 0 aliphatic rings. The summed E-state index contributed by atoms with van der Waals surface area (Å²) < 4.78 is 0. The van der Waals surface area contributed by atoms with Crippen LogP contribution in [0.4, 0.5) is 5.69 Å². The van der Waals surface area contributed by atoms with Crippen molar-refractivity contribution in [3.63, 3.8) is 0 Å². The molecule has 0 saturated heterocycles. The van der Waals surface area contributed by atoms with Crippen LogP contribution in [-0.4, -0.2) is 15.2 Å². The number of rotatable bonds is 1. The number of hydrogen-bond donors (Lipinski definition) is 3. The summed E-state index contributed by atoms with van der Waals surface area (Å²) in [5.41, 5.74) is 8.13. The molecule has 8 heteroatoms. The van der Waals surface area contributed by atoms with Gasteiger partial charge in [-0.15, -0.1) is 0 Å². The average molecular weight is 380 g/mol. The average Bonchev–Trinajstić information content (AvgIpc) is 3.02. The van der Waals surface area contributed by atoms with Gasteiger partial charge in [0.1, 0.15) is 5.69 Å². The number of H-pyrrole nitrogens is 2. The van der Waals surface area contributed by atoms with Crippen LogP contribution in [0.5, 0.6) is 0 Å². The van der Waals surface area contributed by atoms with Gasteiger partial charge >= 0.3 is 0 Å². The number of nitrogens with zero attached hydrogens (tertiary/aromatic N) is 1. The third kappa shape index (κ3) is 2.17. The first-order valence-corrected chi connectivity index (χ1v) is 8.03. The Labute approximate surface area is 150 Å². The van der Waals surface area contributed by atoms with E-state index in [1.807, 2.05) is 0 Å². The first-order chi connectivity index (χ1) is 11.5. The van der Waals surface area contributed by atoms with Crippen molar-refractivity contribution in [1.82, 2.24) is 15.2 Å². The Balaban J connectivity index is 2.24.